The van der Waals surface area contributed by atoms with E-state index in [4.69, 9.17) is 22.3 Å². The molecule has 4 N–H and O–H groups in total. The van der Waals surface area contributed by atoms with Crippen LogP contribution < -0.4 is 21.9 Å². The van der Waals surface area contributed by atoms with Gasteiger partial charge in [-0.3, -0.25) is 14.7 Å². The van der Waals surface area contributed by atoms with E-state index in [1.165, 1.54) is 6.21 Å². The van der Waals surface area contributed by atoms with Crippen molar-refractivity contribution in [2.45, 2.75) is 38.5 Å². The lowest BCUT2D eigenvalue weighted by molar-refractivity contribution is 0.311. The van der Waals surface area contributed by atoms with Crippen LogP contribution in [0.25, 0.3) is 10.9 Å². The van der Waals surface area contributed by atoms with Gasteiger partial charge in [0.15, 0.2) is 0 Å². The lowest BCUT2D eigenvalue weighted by Crippen LogP contribution is -2.50. The van der Waals surface area contributed by atoms with Gasteiger partial charge in [-0.1, -0.05) is 17.7 Å². The molecule has 0 spiro atoms. The topological polar surface area (TPSA) is 133 Å². The maximum Gasteiger partial charge on any atom is 0.263 e. The number of hydrogen-bond acceptors (Lipinski definition) is 8. The number of hydrogen-bond donors (Lipinski definition) is 3. The second-order valence-corrected chi connectivity index (χ2v) is 8.59. The third-order valence-corrected chi connectivity index (χ3v) is 6.51. The van der Waals surface area contributed by atoms with Crippen LogP contribution in [0.5, 0.6) is 0 Å². The molecule has 0 aliphatic carbocycles. The molecule has 4 atom stereocenters. The molecule has 1 aromatic carbocycles. The van der Waals surface area contributed by atoms with Gasteiger partial charge >= 0.3 is 0 Å². The van der Waals surface area contributed by atoms with E-state index < -0.39 is 11.6 Å². The van der Waals surface area contributed by atoms with Crippen molar-refractivity contribution in [1.29, 1.82) is 5.26 Å². The Labute approximate surface area is 185 Å². The SMILES string of the molecule is CC(C1CCNC1)n1c(CNC2(C)N=C(N)N=CC2C#N)nc2cccc(Cl)c2c1=O. The average Bonchev–Trinajstić information content (AvgIpc) is 3.27. The van der Waals surface area contributed by atoms with Crippen LogP contribution in [0, 0.1) is 23.2 Å². The molecule has 1 aromatic heterocycles. The summed E-state index contributed by atoms with van der Waals surface area (Å²) in [4.78, 5) is 26.6. The molecule has 1 fully saturated rings. The first kappa shape index (κ1) is 21.4. The molecule has 0 radical (unpaired) electrons. The van der Waals surface area contributed by atoms with Crippen molar-refractivity contribution in [2.75, 3.05) is 13.1 Å². The normalized spacial score (nSPS) is 26.6. The molecule has 162 valence electrons. The summed E-state index contributed by atoms with van der Waals surface area (Å²) in [6.07, 6.45) is 2.47. The monoisotopic (exact) mass is 440 g/mol. The molecular formula is C21H25ClN8O. The smallest absolute Gasteiger partial charge is 0.263 e. The third-order valence-electron chi connectivity index (χ3n) is 6.19. The van der Waals surface area contributed by atoms with Crippen molar-refractivity contribution >= 4 is 34.7 Å². The number of halogens is 1. The number of guanidine groups is 1. The molecule has 0 bridgehead atoms. The molecule has 0 amide bonds. The highest BCUT2D eigenvalue weighted by Gasteiger charge is 2.36. The molecule has 2 aliphatic rings. The fraction of sp³-hybridized carbons (Fsp3) is 0.476. The zero-order chi connectivity index (χ0) is 22.2. The second kappa shape index (κ2) is 8.38. The Morgan fingerprint density at radius 1 is 1.52 bits per heavy atom. The van der Waals surface area contributed by atoms with E-state index in [9.17, 15) is 10.1 Å². The standard InChI is InChI=1S/C21H25ClN8O/c1-12(13-6-7-25-9-13)30-17(28-16-5-3-4-15(22)18(16)19(30)31)11-27-21(2)14(8-23)10-26-20(24)29-21/h3-5,10,12-14,25,27H,6-7,9,11H2,1-2H3,(H2,24,29). The van der Waals surface area contributed by atoms with Gasteiger partial charge in [0.25, 0.3) is 5.56 Å². The highest BCUT2D eigenvalue weighted by atomic mass is 35.5. The molecule has 2 aromatic rings. The number of nitriles is 1. The van der Waals surface area contributed by atoms with Gasteiger partial charge in [0.1, 0.15) is 17.4 Å². The van der Waals surface area contributed by atoms with Crippen LogP contribution in [0.15, 0.2) is 33.0 Å². The molecule has 1 saturated heterocycles. The summed E-state index contributed by atoms with van der Waals surface area (Å²) < 4.78 is 1.73. The molecule has 0 saturated carbocycles. The Morgan fingerprint density at radius 3 is 3.03 bits per heavy atom. The van der Waals surface area contributed by atoms with E-state index in [0.717, 1.165) is 19.5 Å². The zero-order valence-electron chi connectivity index (χ0n) is 17.5. The van der Waals surface area contributed by atoms with E-state index in [1.54, 1.807) is 29.7 Å². The van der Waals surface area contributed by atoms with Crippen LogP contribution in [0.3, 0.4) is 0 Å². The first-order valence-corrected chi connectivity index (χ1v) is 10.7. The fourth-order valence-corrected chi connectivity index (χ4v) is 4.54. The fourth-order valence-electron chi connectivity index (χ4n) is 4.29. The summed E-state index contributed by atoms with van der Waals surface area (Å²) in [5.41, 5.74) is 5.18. The predicted molar refractivity (Wildman–Crippen MR) is 121 cm³/mol. The molecule has 9 nitrogen and oxygen atoms in total. The van der Waals surface area contributed by atoms with Crippen LogP contribution >= 0.6 is 11.6 Å². The molecule has 10 heteroatoms. The van der Waals surface area contributed by atoms with E-state index in [0.29, 0.717) is 27.7 Å². The van der Waals surface area contributed by atoms with Gasteiger partial charge in [-0.05, 0) is 51.4 Å². The largest absolute Gasteiger partial charge is 0.368 e. The second-order valence-electron chi connectivity index (χ2n) is 8.19. The number of aromatic nitrogens is 2. The van der Waals surface area contributed by atoms with E-state index >= 15 is 0 Å². The van der Waals surface area contributed by atoms with Crippen molar-refractivity contribution in [3.63, 3.8) is 0 Å². The molecule has 4 unspecified atom stereocenters. The summed E-state index contributed by atoms with van der Waals surface area (Å²) in [5, 5.41) is 17.0. The molecule has 31 heavy (non-hydrogen) atoms. The Bertz CT molecular complexity index is 1160. The number of nitrogens with one attached hydrogen (secondary N) is 2. The lowest BCUT2D eigenvalue weighted by atomic mass is 9.96. The van der Waals surface area contributed by atoms with Gasteiger partial charge in [0.2, 0.25) is 5.96 Å². The van der Waals surface area contributed by atoms with Gasteiger partial charge < -0.3 is 11.1 Å². The van der Waals surface area contributed by atoms with Crippen LogP contribution in [0.4, 0.5) is 0 Å². The van der Waals surface area contributed by atoms with Crippen LogP contribution in [-0.2, 0) is 6.54 Å². The van der Waals surface area contributed by atoms with Crippen LogP contribution in [0.2, 0.25) is 5.02 Å². The van der Waals surface area contributed by atoms with Crippen molar-refractivity contribution in [2.24, 2.45) is 27.6 Å². The summed E-state index contributed by atoms with van der Waals surface area (Å²) in [5.74, 6) is 0.360. The number of aliphatic imine (C=N–C) groups is 2. The Morgan fingerprint density at radius 2 is 2.32 bits per heavy atom. The number of rotatable bonds is 5. The summed E-state index contributed by atoms with van der Waals surface area (Å²) in [7, 11) is 0. The molecular weight excluding hydrogens is 416 g/mol. The minimum atomic E-state index is -0.982. The van der Waals surface area contributed by atoms with Gasteiger partial charge in [-0.25, -0.2) is 15.0 Å². The predicted octanol–water partition coefficient (Wildman–Crippen LogP) is 1.57. The van der Waals surface area contributed by atoms with Gasteiger partial charge in [-0.15, -0.1) is 0 Å². The van der Waals surface area contributed by atoms with Crippen LogP contribution in [-0.4, -0.2) is 40.5 Å². The molecule has 3 heterocycles. The highest BCUT2D eigenvalue weighted by Crippen LogP contribution is 2.27. The quantitative estimate of drug-likeness (QED) is 0.646. The van der Waals surface area contributed by atoms with E-state index in [2.05, 4.69) is 26.7 Å². The minimum Gasteiger partial charge on any atom is -0.368 e. The van der Waals surface area contributed by atoms with Crippen LogP contribution in [0.1, 0.15) is 32.1 Å². The average molecular weight is 441 g/mol. The number of nitrogens with two attached hydrogens (primary N) is 1. The first-order chi connectivity index (χ1) is 14.8. The van der Waals surface area contributed by atoms with E-state index in [1.807, 2.05) is 6.92 Å². The van der Waals surface area contributed by atoms with Crippen molar-refractivity contribution in [3.8, 4) is 6.07 Å². The summed E-state index contributed by atoms with van der Waals surface area (Å²) >= 11 is 6.36. The zero-order valence-corrected chi connectivity index (χ0v) is 18.2. The summed E-state index contributed by atoms with van der Waals surface area (Å²) in [6, 6.07) is 7.38. The Kier molecular flexibility index (Phi) is 5.79. The van der Waals surface area contributed by atoms with Crippen molar-refractivity contribution in [1.82, 2.24) is 20.2 Å². The van der Waals surface area contributed by atoms with Gasteiger partial charge in [-0.2, -0.15) is 5.26 Å². The van der Waals surface area contributed by atoms with Gasteiger partial charge in [0, 0.05) is 12.3 Å². The maximum atomic E-state index is 13.5. The summed E-state index contributed by atoms with van der Waals surface area (Å²) in [6.45, 7) is 5.81. The maximum absolute atomic E-state index is 13.5. The van der Waals surface area contributed by atoms with E-state index in [-0.39, 0.29) is 24.1 Å². The number of fused-ring (bicyclic) bond motifs is 1. The lowest BCUT2D eigenvalue weighted by Gasteiger charge is -2.32. The van der Waals surface area contributed by atoms with Crippen molar-refractivity contribution < 1.29 is 0 Å². The highest BCUT2D eigenvalue weighted by molar-refractivity contribution is 6.35. The first-order valence-electron chi connectivity index (χ1n) is 10.3. The third kappa shape index (κ3) is 3.94. The van der Waals surface area contributed by atoms with Crippen molar-refractivity contribution in [3.05, 3.63) is 39.4 Å². The molecule has 2 aliphatic heterocycles. The number of benzene rings is 1. The Balaban J connectivity index is 1.77. The number of nitrogens with zero attached hydrogens (tertiary/aromatic N) is 5. The van der Waals surface area contributed by atoms with Gasteiger partial charge in [0.05, 0.1) is 28.5 Å². The molecule has 4 rings (SSSR count). The Hall–Kier alpha value is -2.80. The minimum absolute atomic E-state index is 0.0754.